The minimum absolute atomic E-state index is 0.109. The number of nitrogens with zero attached hydrogens (tertiary/aromatic N) is 1. The summed E-state index contributed by atoms with van der Waals surface area (Å²) >= 11 is 0. The van der Waals surface area contributed by atoms with Gasteiger partial charge in [-0.3, -0.25) is 4.79 Å². The normalized spacial score (nSPS) is 17.4. The van der Waals surface area contributed by atoms with E-state index in [-0.39, 0.29) is 5.91 Å². The largest absolute Gasteiger partial charge is 0.377 e. The number of rotatable bonds is 6. The molecule has 16 heavy (non-hydrogen) atoms. The smallest absolute Gasteiger partial charge is 0.236 e. The van der Waals surface area contributed by atoms with Gasteiger partial charge < -0.3 is 15.0 Å². The second-order valence-corrected chi connectivity index (χ2v) is 4.60. The van der Waals surface area contributed by atoms with Gasteiger partial charge in [0.1, 0.15) is 0 Å². The number of likely N-dealkylation sites (N-methyl/N-ethyl adjacent to an activating group) is 1. The Morgan fingerprint density at radius 1 is 1.31 bits per heavy atom. The minimum Gasteiger partial charge on any atom is -0.377 e. The minimum atomic E-state index is 0.109. The molecule has 0 spiro atoms. The van der Waals surface area contributed by atoms with Crippen LogP contribution < -0.4 is 5.32 Å². The van der Waals surface area contributed by atoms with Gasteiger partial charge in [-0.15, -0.1) is 0 Å². The van der Waals surface area contributed by atoms with Crippen molar-refractivity contribution in [3.63, 3.8) is 0 Å². The van der Waals surface area contributed by atoms with Crippen molar-refractivity contribution in [3.8, 4) is 0 Å². The Morgan fingerprint density at radius 3 is 2.62 bits per heavy atom. The topological polar surface area (TPSA) is 41.6 Å². The van der Waals surface area contributed by atoms with E-state index in [1.807, 2.05) is 0 Å². The highest BCUT2D eigenvalue weighted by Crippen LogP contribution is 2.19. The van der Waals surface area contributed by atoms with E-state index < -0.39 is 0 Å². The van der Waals surface area contributed by atoms with Gasteiger partial charge in [0.25, 0.3) is 0 Å². The predicted octanol–water partition coefficient (Wildman–Crippen LogP) is 1.01. The van der Waals surface area contributed by atoms with Gasteiger partial charge in [0.15, 0.2) is 0 Å². The van der Waals surface area contributed by atoms with Crippen molar-refractivity contribution in [2.75, 3.05) is 33.8 Å². The molecule has 1 N–H and O–H groups in total. The van der Waals surface area contributed by atoms with E-state index >= 15 is 0 Å². The number of amides is 1. The van der Waals surface area contributed by atoms with Crippen LogP contribution in [0.1, 0.15) is 32.1 Å². The predicted molar refractivity (Wildman–Crippen MR) is 64.4 cm³/mol. The lowest BCUT2D eigenvalue weighted by Gasteiger charge is -2.22. The second kappa shape index (κ2) is 7.63. The molecule has 1 rings (SSSR count). The highest BCUT2D eigenvalue weighted by atomic mass is 16.5. The molecule has 0 aromatic carbocycles. The molecule has 1 fully saturated rings. The number of hydrogen-bond donors (Lipinski definition) is 1. The van der Waals surface area contributed by atoms with Gasteiger partial charge in [-0.25, -0.2) is 0 Å². The molecule has 94 valence electrons. The van der Waals surface area contributed by atoms with Crippen molar-refractivity contribution in [1.29, 1.82) is 0 Å². The molecule has 0 saturated heterocycles. The first-order valence-electron chi connectivity index (χ1n) is 6.22. The molecule has 0 radical (unpaired) electrons. The molecular formula is C12H24N2O2. The first-order chi connectivity index (χ1) is 7.70. The van der Waals surface area contributed by atoms with E-state index in [9.17, 15) is 4.79 Å². The van der Waals surface area contributed by atoms with Gasteiger partial charge in [-0.05, 0) is 12.8 Å². The summed E-state index contributed by atoms with van der Waals surface area (Å²) in [6, 6.07) is 0. The van der Waals surface area contributed by atoms with Crippen LogP contribution in [0.3, 0.4) is 0 Å². The van der Waals surface area contributed by atoms with Gasteiger partial charge >= 0.3 is 0 Å². The van der Waals surface area contributed by atoms with E-state index in [1.54, 1.807) is 19.0 Å². The molecule has 1 aliphatic rings. The molecule has 0 heterocycles. The third kappa shape index (κ3) is 5.47. The summed E-state index contributed by atoms with van der Waals surface area (Å²) in [6.45, 7) is 1.88. The Bertz CT molecular complexity index is 201. The molecule has 0 unspecified atom stereocenters. The van der Waals surface area contributed by atoms with Crippen molar-refractivity contribution in [2.24, 2.45) is 0 Å². The van der Waals surface area contributed by atoms with Gasteiger partial charge in [0, 0.05) is 20.6 Å². The molecule has 1 aliphatic carbocycles. The van der Waals surface area contributed by atoms with E-state index in [0.29, 0.717) is 19.3 Å². The van der Waals surface area contributed by atoms with Crippen LogP contribution in [-0.2, 0) is 9.53 Å². The highest BCUT2D eigenvalue weighted by Gasteiger charge is 2.13. The number of hydrogen-bond acceptors (Lipinski definition) is 3. The summed E-state index contributed by atoms with van der Waals surface area (Å²) in [7, 11) is 3.53. The van der Waals surface area contributed by atoms with Crippen LogP contribution in [-0.4, -0.2) is 50.7 Å². The third-order valence-electron chi connectivity index (χ3n) is 2.96. The molecule has 0 aliphatic heterocycles. The zero-order valence-corrected chi connectivity index (χ0v) is 10.5. The molecule has 0 aromatic heterocycles. The van der Waals surface area contributed by atoms with Crippen molar-refractivity contribution in [3.05, 3.63) is 0 Å². The van der Waals surface area contributed by atoms with E-state index in [2.05, 4.69) is 5.32 Å². The average molecular weight is 228 g/mol. The van der Waals surface area contributed by atoms with Crippen LogP contribution in [0.15, 0.2) is 0 Å². The molecule has 4 heteroatoms. The first-order valence-corrected chi connectivity index (χ1v) is 6.22. The number of nitrogens with one attached hydrogen (secondary N) is 1. The summed E-state index contributed by atoms with van der Waals surface area (Å²) in [5, 5.41) is 3.09. The lowest BCUT2D eigenvalue weighted by molar-refractivity contribution is -0.127. The zero-order chi connectivity index (χ0) is 11.8. The van der Waals surface area contributed by atoms with Crippen LogP contribution in [0.25, 0.3) is 0 Å². The first kappa shape index (κ1) is 13.5. The van der Waals surface area contributed by atoms with Crippen LogP contribution in [0.2, 0.25) is 0 Å². The Balaban J connectivity index is 1.93. The lowest BCUT2D eigenvalue weighted by Crippen LogP contribution is -2.35. The van der Waals surface area contributed by atoms with Crippen molar-refractivity contribution in [2.45, 2.75) is 38.2 Å². The number of carbonyl (C=O) groups is 1. The van der Waals surface area contributed by atoms with Gasteiger partial charge in [0.05, 0.1) is 19.3 Å². The van der Waals surface area contributed by atoms with Crippen LogP contribution >= 0.6 is 0 Å². The Hall–Kier alpha value is -0.610. The zero-order valence-electron chi connectivity index (χ0n) is 10.5. The van der Waals surface area contributed by atoms with E-state index in [4.69, 9.17) is 4.74 Å². The van der Waals surface area contributed by atoms with Crippen LogP contribution in [0, 0.1) is 0 Å². The fourth-order valence-electron chi connectivity index (χ4n) is 1.88. The summed E-state index contributed by atoms with van der Waals surface area (Å²) < 4.78 is 5.74. The molecular weight excluding hydrogens is 204 g/mol. The standard InChI is InChI=1S/C12H24N2O2/c1-14(2)12(15)10-13-8-9-16-11-6-4-3-5-7-11/h11,13H,3-10H2,1-2H3. The summed E-state index contributed by atoms with van der Waals surface area (Å²) in [4.78, 5) is 12.8. The Morgan fingerprint density at radius 2 is 2.00 bits per heavy atom. The van der Waals surface area contributed by atoms with E-state index in [1.165, 1.54) is 32.1 Å². The lowest BCUT2D eigenvalue weighted by atomic mass is 9.98. The Kier molecular flexibility index (Phi) is 6.42. The Labute approximate surface area is 98.3 Å². The van der Waals surface area contributed by atoms with Crippen molar-refractivity contribution >= 4 is 5.91 Å². The summed E-state index contributed by atoms with van der Waals surface area (Å²) in [5.74, 6) is 0.109. The van der Waals surface area contributed by atoms with Gasteiger partial charge in [-0.1, -0.05) is 19.3 Å². The van der Waals surface area contributed by atoms with E-state index in [0.717, 1.165) is 6.54 Å². The quantitative estimate of drug-likeness (QED) is 0.690. The average Bonchev–Trinajstić information content (AvgIpc) is 2.29. The molecule has 1 saturated carbocycles. The SMILES string of the molecule is CN(C)C(=O)CNCCOC1CCCCC1. The van der Waals surface area contributed by atoms with Gasteiger partial charge in [-0.2, -0.15) is 0 Å². The fraction of sp³-hybridized carbons (Fsp3) is 0.917. The molecule has 0 bridgehead atoms. The number of carbonyl (C=O) groups excluding carboxylic acids is 1. The maximum Gasteiger partial charge on any atom is 0.236 e. The maximum absolute atomic E-state index is 11.2. The highest BCUT2D eigenvalue weighted by molar-refractivity contribution is 5.77. The number of ether oxygens (including phenoxy) is 1. The van der Waals surface area contributed by atoms with Crippen LogP contribution in [0.5, 0.6) is 0 Å². The summed E-state index contributed by atoms with van der Waals surface area (Å²) in [6.07, 6.45) is 6.83. The van der Waals surface area contributed by atoms with Crippen molar-refractivity contribution in [1.82, 2.24) is 10.2 Å². The monoisotopic (exact) mass is 228 g/mol. The molecule has 4 nitrogen and oxygen atoms in total. The molecule has 1 amide bonds. The molecule has 0 atom stereocenters. The summed E-state index contributed by atoms with van der Waals surface area (Å²) in [5.41, 5.74) is 0. The maximum atomic E-state index is 11.2. The van der Waals surface area contributed by atoms with Crippen LogP contribution in [0.4, 0.5) is 0 Å². The fourth-order valence-corrected chi connectivity index (χ4v) is 1.88. The second-order valence-electron chi connectivity index (χ2n) is 4.60. The molecule has 0 aromatic rings. The van der Waals surface area contributed by atoms with Crippen molar-refractivity contribution < 1.29 is 9.53 Å². The van der Waals surface area contributed by atoms with Gasteiger partial charge in [0.2, 0.25) is 5.91 Å². The third-order valence-corrected chi connectivity index (χ3v) is 2.96.